The minimum atomic E-state index is 0.606. The van der Waals surface area contributed by atoms with Crippen LogP contribution in [0.5, 0.6) is 0 Å². The third-order valence-corrected chi connectivity index (χ3v) is 3.63. The average molecular weight is 349 g/mol. The number of anilines is 1. The lowest BCUT2D eigenvalue weighted by Crippen LogP contribution is -2.09. The number of nitrogens with zero attached hydrogens (tertiary/aromatic N) is 2. The lowest BCUT2D eigenvalue weighted by atomic mass is 10.3. The second kappa shape index (κ2) is 5.95. The Morgan fingerprint density at radius 1 is 1.33 bits per heavy atom. The van der Waals surface area contributed by atoms with E-state index in [1.165, 1.54) is 0 Å². The van der Waals surface area contributed by atoms with E-state index in [9.17, 15) is 0 Å². The van der Waals surface area contributed by atoms with Gasteiger partial charge in [-0.1, -0.05) is 39.1 Å². The molecule has 2 rings (SSSR count). The Balaban J connectivity index is 2.01. The van der Waals surface area contributed by atoms with Crippen LogP contribution in [0.3, 0.4) is 0 Å². The van der Waals surface area contributed by atoms with Gasteiger partial charge in [0.1, 0.15) is 5.82 Å². The zero-order chi connectivity index (χ0) is 13.1. The quantitative estimate of drug-likeness (QED) is 0.899. The maximum Gasteiger partial charge on any atom is 0.110 e. The van der Waals surface area contributed by atoms with Crippen LogP contribution < -0.4 is 5.32 Å². The molecule has 0 aliphatic heterocycles. The number of nitrogens with one attached hydrogen (secondary N) is 1. The minimum absolute atomic E-state index is 0.606. The Labute approximate surface area is 124 Å². The van der Waals surface area contributed by atoms with Gasteiger partial charge in [-0.25, -0.2) is 4.98 Å². The van der Waals surface area contributed by atoms with Crippen molar-refractivity contribution in [1.82, 2.24) is 9.55 Å². The molecule has 0 unspecified atom stereocenters. The molecule has 0 atom stereocenters. The highest BCUT2D eigenvalue weighted by molar-refractivity contribution is 9.10. The third kappa shape index (κ3) is 3.19. The molecule has 0 amide bonds. The van der Waals surface area contributed by atoms with E-state index in [2.05, 4.69) is 26.2 Å². The molecule has 0 fully saturated rings. The lowest BCUT2D eigenvalue weighted by Gasteiger charge is -2.10. The van der Waals surface area contributed by atoms with Gasteiger partial charge < -0.3 is 9.88 Å². The highest BCUT2D eigenvalue weighted by Crippen LogP contribution is 2.33. The first-order valence-corrected chi connectivity index (χ1v) is 6.97. The summed E-state index contributed by atoms with van der Waals surface area (Å²) in [4.78, 5) is 4.26. The summed E-state index contributed by atoms with van der Waals surface area (Å²) in [6, 6.07) is 3.63. The predicted octanol–water partition coefficient (Wildman–Crippen LogP) is 4.14. The molecule has 1 heterocycles. The molecule has 0 bridgehead atoms. The molecule has 0 saturated carbocycles. The van der Waals surface area contributed by atoms with E-state index in [1.807, 2.05) is 29.9 Å². The van der Waals surface area contributed by atoms with E-state index >= 15 is 0 Å². The Bertz CT molecular complexity index is 531. The zero-order valence-electron chi connectivity index (χ0n) is 9.75. The second-order valence-corrected chi connectivity index (χ2v) is 5.61. The van der Waals surface area contributed by atoms with Gasteiger partial charge in [0.2, 0.25) is 0 Å². The van der Waals surface area contributed by atoms with Crippen LogP contribution in [0.25, 0.3) is 0 Å². The van der Waals surface area contributed by atoms with E-state index in [0.29, 0.717) is 10.0 Å². The summed E-state index contributed by atoms with van der Waals surface area (Å²) < 4.78 is 2.86. The van der Waals surface area contributed by atoms with E-state index < -0.39 is 0 Å². The Morgan fingerprint density at radius 2 is 2.00 bits per heavy atom. The molecule has 0 aliphatic rings. The highest BCUT2D eigenvalue weighted by atomic mass is 79.9. The molecule has 2 aromatic rings. The Morgan fingerprint density at radius 3 is 2.56 bits per heavy atom. The summed E-state index contributed by atoms with van der Waals surface area (Å²) in [6.07, 6.45) is 4.52. The largest absolute Gasteiger partial charge is 0.382 e. The number of aromatic nitrogens is 2. The molecule has 0 saturated heterocycles. The molecule has 0 aliphatic carbocycles. The van der Waals surface area contributed by atoms with Crippen molar-refractivity contribution in [2.24, 2.45) is 7.05 Å². The fourth-order valence-electron chi connectivity index (χ4n) is 1.65. The summed E-state index contributed by atoms with van der Waals surface area (Å²) in [5.74, 6) is 1.02. The van der Waals surface area contributed by atoms with Crippen molar-refractivity contribution in [2.75, 3.05) is 11.9 Å². The van der Waals surface area contributed by atoms with Crippen LogP contribution in [-0.2, 0) is 13.5 Å². The van der Waals surface area contributed by atoms with Crippen LogP contribution in [0.15, 0.2) is 29.0 Å². The molecule has 0 spiro atoms. The summed E-state index contributed by atoms with van der Waals surface area (Å²) >= 11 is 15.6. The van der Waals surface area contributed by atoms with Crippen molar-refractivity contribution in [3.8, 4) is 0 Å². The first-order valence-electron chi connectivity index (χ1n) is 5.42. The van der Waals surface area contributed by atoms with Gasteiger partial charge in [0.05, 0.1) is 15.7 Å². The van der Waals surface area contributed by atoms with Crippen LogP contribution in [0.4, 0.5) is 5.69 Å². The van der Waals surface area contributed by atoms with Crippen molar-refractivity contribution >= 4 is 44.8 Å². The van der Waals surface area contributed by atoms with Gasteiger partial charge in [-0.2, -0.15) is 0 Å². The van der Waals surface area contributed by atoms with Crippen molar-refractivity contribution in [3.05, 3.63) is 44.9 Å². The van der Waals surface area contributed by atoms with Gasteiger partial charge in [-0.15, -0.1) is 0 Å². The number of hydrogen-bond acceptors (Lipinski definition) is 2. The molecule has 1 N–H and O–H groups in total. The summed E-state index contributed by atoms with van der Waals surface area (Å²) in [6.45, 7) is 0.728. The molecule has 1 aromatic heterocycles. The Hall–Kier alpha value is -0.710. The van der Waals surface area contributed by atoms with Gasteiger partial charge in [0.15, 0.2) is 0 Å². The summed E-state index contributed by atoms with van der Waals surface area (Å²) in [5.41, 5.74) is 0.760. The molecule has 18 heavy (non-hydrogen) atoms. The number of benzene rings is 1. The molecule has 6 heteroatoms. The van der Waals surface area contributed by atoms with Gasteiger partial charge in [0, 0.05) is 36.9 Å². The minimum Gasteiger partial charge on any atom is -0.382 e. The number of imidazole rings is 1. The van der Waals surface area contributed by atoms with Crippen LogP contribution in [0.2, 0.25) is 10.0 Å². The number of hydrogen-bond donors (Lipinski definition) is 1. The fourth-order valence-corrected chi connectivity index (χ4v) is 2.99. The summed E-state index contributed by atoms with van der Waals surface area (Å²) in [7, 11) is 1.97. The van der Waals surface area contributed by atoms with Crippen LogP contribution in [0.1, 0.15) is 5.82 Å². The molecule has 0 radical (unpaired) electrons. The smallest absolute Gasteiger partial charge is 0.110 e. The van der Waals surface area contributed by atoms with Gasteiger partial charge in [0.25, 0.3) is 0 Å². The molecular weight excluding hydrogens is 337 g/mol. The molecule has 3 nitrogen and oxygen atoms in total. The second-order valence-electron chi connectivity index (χ2n) is 3.88. The van der Waals surface area contributed by atoms with E-state index in [1.54, 1.807) is 6.20 Å². The van der Waals surface area contributed by atoms with Crippen molar-refractivity contribution in [2.45, 2.75) is 6.42 Å². The lowest BCUT2D eigenvalue weighted by molar-refractivity contribution is 0.790. The highest BCUT2D eigenvalue weighted by Gasteiger charge is 2.07. The normalized spacial score (nSPS) is 10.7. The maximum atomic E-state index is 6.13. The Kier molecular flexibility index (Phi) is 4.54. The fraction of sp³-hybridized carbons (Fsp3) is 0.250. The van der Waals surface area contributed by atoms with Crippen molar-refractivity contribution < 1.29 is 0 Å². The molecular formula is C12H12BrCl2N3. The third-order valence-electron chi connectivity index (χ3n) is 2.58. The topological polar surface area (TPSA) is 29.9 Å². The SMILES string of the molecule is Cn1ccnc1CCNc1c(Cl)cc(Br)cc1Cl. The van der Waals surface area contributed by atoms with Gasteiger partial charge in [-0.05, 0) is 12.1 Å². The number of rotatable bonds is 4. The van der Waals surface area contributed by atoms with Crippen LogP contribution in [0, 0.1) is 0 Å². The zero-order valence-corrected chi connectivity index (χ0v) is 12.8. The average Bonchev–Trinajstić information content (AvgIpc) is 2.68. The number of halogens is 3. The summed E-state index contributed by atoms with van der Waals surface area (Å²) in [5, 5.41) is 4.45. The molecule has 96 valence electrons. The van der Waals surface area contributed by atoms with Crippen molar-refractivity contribution in [3.63, 3.8) is 0 Å². The van der Waals surface area contributed by atoms with E-state index in [4.69, 9.17) is 23.2 Å². The maximum absolute atomic E-state index is 6.13. The standard InChI is InChI=1S/C12H12BrCl2N3/c1-18-5-4-16-11(18)2-3-17-12-9(14)6-8(13)7-10(12)15/h4-7,17H,2-3H2,1H3. The van der Waals surface area contributed by atoms with Crippen LogP contribution >= 0.6 is 39.1 Å². The van der Waals surface area contributed by atoms with Gasteiger partial charge in [-0.3, -0.25) is 0 Å². The monoisotopic (exact) mass is 347 g/mol. The molecule has 1 aromatic carbocycles. The van der Waals surface area contributed by atoms with E-state index in [0.717, 1.165) is 29.0 Å². The van der Waals surface area contributed by atoms with Gasteiger partial charge >= 0.3 is 0 Å². The first kappa shape index (κ1) is 13.7. The predicted molar refractivity (Wildman–Crippen MR) is 79.6 cm³/mol. The van der Waals surface area contributed by atoms with Crippen LogP contribution in [-0.4, -0.2) is 16.1 Å². The van der Waals surface area contributed by atoms with E-state index in [-0.39, 0.29) is 0 Å². The first-order chi connectivity index (χ1) is 8.58. The van der Waals surface area contributed by atoms with Crippen molar-refractivity contribution in [1.29, 1.82) is 0 Å². The number of aryl methyl sites for hydroxylation is 1.